The summed E-state index contributed by atoms with van der Waals surface area (Å²) in [6.45, 7) is 1.36. The Kier molecular flexibility index (Phi) is 7.28. The molecule has 0 aliphatic carbocycles. The number of sulfonamides is 1. The van der Waals surface area contributed by atoms with Gasteiger partial charge in [0.25, 0.3) is 11.8 Å². The maximum atomic E-state index is 12.9. The summed E-state index contributed by atoms with van der Waals surface area (Å²) >= 11 is 6.89. The average Bonchev–Trinajstić information content (AvgIpc) is 3.23. The molecule has 1 aliphatic rings. The zero-order chi connectivity index (χ0) is 20.9. The SMILES string of the molecule is O=C(NCCNC(=O)c1sccc1S(=O)(=O)N1CCCCC1)c1ccc(Cl)cc1. The second-order valence-electron chi connectivity index (χ2n) is 6.60. The van der Waals surface area contributed by atoms with Crippen LogP contribution in [0.2, 0.25) is 5.02 Å². The van der Waals surface area contributed by atoms with Crippen LogP contribution in [0.1, 0.15) is 39.3 Å². The minimum atomic E-state index is -3.68. The van der Waals surface area contributed by atoms with Gasteiger partial charge in [-0.25, -0.2) is 8.42 Å². The van der Waals surface area contributed by atoms with Gasteiger partial charge in [-0.05, 0) is 48.6 Å². The topological polar surface area (TPSA) is 95.6 Å². The van der Waals surface area contributed by atoms with E-state index in [1.807, 2.05) is 0 Å². The maximum absolute atomic E-state index is 12.9. The van der Waals surface area contributed by atoms with Crippen LogP contribution in [0.4, 0.5) is 0 Å². The van der Waals surface area contributed by atoms with Crippen molar-refractivity contribution in [1.29, 1.82) is 0 Å². The fourth-order valence-corrected chi connectivity index (χ4v) is 6.01. The van der Waals surface area contributed by atoms with Crippen molar-refractivity contribution >= 4 is 44.8 Å². The molecule has 0 atom stereocenters. The number of nitrogens with one attached hydrogen (secondary N) is 2. The van der Waals surface area contributed by atoms with Crippen LogP contribution in [0.15, 0.2) is 40.6 Å². The van der Waals surface area contributed by atoms with Crippen LogP contribution < -0.4 is 10.6 Å². The Balaban J connectivity index is 1.54. The van der Waals surface area contributed by atoms with Crippen LogP contribution in [-0.2, 0) is 10.0 Å². The summed E-state index contributed by atoms with van der Waals surface area (Å²) in [5.41, 5.74) is 0.467. The van der Waals surface area contributed by atoms with E-state index < -0.39 is 15.9 Å². The molecule has 7 nitrogen and oxygen atoms in total. The van der Waals surface area contributed by atoms with Gasteiger partial charge >= 0.3 is 0 Å². The summed E-state index contributed by atoms with van der Waals surface area (Å²) in [5, 5.41) is 7.51. The number of carbonyl (C=O) groups excluding carboxylic acids is 2. The predicted octanol–water partition coefficient (Wildman–Crippen LogP) is 2.74. The summed E-state index contributed by atoms with van der Waals surface area (Å²) in [6, 6.07) is 7.95. The molecule has 10 heteroatoms. The van der Waals surface area contributed by atoms with E-state index in [-0.39, 0.29) is 28.8 Å². The fraction of sp³-hybridized carbons (Fsp3) is 0.368. The Labute approximate surface area is 179 Å². The van der Waals surface area contributed by atoms with Gasteiger partial charge in [0.05, 0.1) is 0 Å². The van der Waals surface area contributed by atoms with Crippen molar-refractivity contribution in [2.75, 3.05) is 26.2 Å². The number of halogens is 1. The first-order valence-electron chi connectivity index (χ1n) is 9.29. The molecule has 1 saturated heterocycles. The van der Waals surface area contributed by atoms with Crippen LogP contribution >= 0.6 is 22.9 Å². The fourth-order valence-electron chi connectivity index (χ4n) is 3.05. The van der Waals surface area contributed by atoms with Crippen molar-refractivity contribution in [3.05, 3.63) is 51.2 Å². The van der Waals surface area contributed by atoms with Gasteiger partial charge in [-0.2, -0.15) is 4.31 Å². The van der Waals surface area contributed by atoms with Crippen molar-refractivity contribution < 1.29 is 18.0 Å². The highest BCUT2D eigenvalue weighted by atomic mass is 35.5. The minimum absolute atomic E-state index is 0.0482. The van der Waals surface area contributed by atoms with Crippen molar-refractivity contribution in [2.24, 2.45) is 0 Å². The van der Waals surface area contributed by atoms with Gasteiger partial charge in [0, 0.05) is 36.8 Å². The number of carbonyl (C=O) groups is 2. The molecule has 0 unspecified atom stereocenters. The lowest BCUT2D eigenvalue weighted by Crippen LogP contribution is -2.37. The molecule has 2 aromatic rings. The molecule has 0 radical (unpaired) electrons. The third-order valence-corrected chi connectivity index (χ3v) is 7.81. The molecule has 2 N–H and O–H groups in total. The first-order chi connectivity index (χ1) is 13.9. The number of nitrogens with zero attached hydrogens (tertiary/aromatic N) is 1. The zero-order valence-electron chi connectivity index (χ0n) is 15.7. The Bertz CT molecular complexity index is 968. The smallest absolute Gasteiger partial charge is 0.262 e. The summed E-state index contributed by atoms with van der Waals surface area (Å²) < 4.78 is 27.2. The lowest BCUT2D eigenvalue weighted by Gasteiger charge is -2.25. The Morgan fingerprint density at radius 3 is 2.24 bits per heavy atom. The lowest BCUT2D eigenvalue weighted by molar-refractivity contribution is 0.0928. The highest BCUT2D eigenvalue weighted by molar-refractivity contribution is 7.89. The largest absolute Gasteiger partial charge is 0.350 e. The Morgan fingerprint density at radius 2 is 1.59 bits per heavy atom. The van der Waals surface area contributed by atoms with Crippen LogP contribution in [0.25, 0.3) is 0 Å². The molecule has 0 bridgehead atoms. The molecule has 2 amide bonds. The van der Waals surface area contributed by atoms with Gasteiger partial charge in [0.2, 0.25) is 10.0 Å². The second kappa shape index (κ2) is 9.71. The van der Waals surface area contributed by atoms with Crippen molar-refractivity contribution in [2.45, 2.75) is 24.2 Å². The van der Waals surface area contributed by atoms with Crippen molar-refractivity contribution in [3.63, 3.8) is 0 Å². The minimum Gasteiger partial charge on any atom is -0.350 e. The van der Waals surface area contributed by atoms with Gasteiger partial charge in [0.1, 0.15) is 9.77 Å². The number of thiophene rings is 1. The Hall–Kier alpha value is -1.94. The number of hydrogen-bond donors (Lipinski definition) is 2. The second-order valence-corrected chi connectivity index (χ2v) is 9.86. The third-order valence-electron chi connectivity index (χ3n) is 4.57. The molecule has 0 saturated carbocycles. The molecule has 3 rings (SSSR count). The molecule has 156 valence electrons. The first kappa shape index (κ1) is 21.8. The van der Waals surface area contributed by atoms with Gasteiger partial charge < -0.3 is 10.6 Å². The lowest BCUT2D eigenvalue weighted by atomic mass is 10.2. The van der Waals surface area contributed by atoms with E-state index in [0.29, 0.717) is 23.7 Å². The standard InChI is InChI=1S/C19H22ClN3O4S2/c20-15-6-4-14(5-7-15)18(24)21-9-10-22-19(25)17-16(8-13-28-17)29(26,27)23-11-2-1-3-12-23/h4-8,13H,1-3,9-12H2,(H,21,24)(H,22,25). The Morgan fingerprint density at radius 1 is 0.966 bits per heavy atom. The van der Waals surface area contributed by atoms with Crippen LogP contribution in [0.5, 0.6) is 0 Å². The molecule has 1 aliphatic heterocycles. The molecule has 1 aromatic heterocycles. The van der Waals surface area contributed by atoms with Crippen molar-refractivity contribution in [1.82, 2.24) is 14.9 Å². The number of amides is 2. The maximum Gasteiger partial charge on any atom is 0.262 e. The third kappa shape index (κ3) is 5.36. The average molecular weight is 456 g/mol. The van der Waals surface area contributed by atoms with E-state index in [2.05, 4.69) is 10.6 Å². The number of hydrogen-bond acceptors (Lipinski definition) is 5. The van der Waals surface area contributed by atoms with E-state index in [1.165, 1.54) is 10.4 Å². The zero-order valence-corrected chi connectivity index (χ0v) is 18.1. The summed E-state index contributed by atoms with van der Waals surface area (Å²) in [5.74, 6) is -0.739. The molecule has 0 spiro atoms. The monoisotopic (exact) mass is 455 g/mol. The van der Waals surface area contributed by atoms with E-state index in [0.717, 1.165) is 30.6 Å². The van der Waals surface area contributed by atoms with Gasteiger partial charge in [-0.3, -0.25) is 9.59 Å². The molecule has 1 aromatic carbocycles. The molecule has 1 fully saturated rings. The van der Waals surface area contributed by atoms with E-state index in [9.17, 15) is 18.0 Å². The number of piperidine rings is 1. The highest BCUT2D eigenvalue weighted by Gasteiger charge is 2.30. The summed E-state index contributed by atoms with van der Waals surface area (Å²) in [4.78, 5) is 24.8. The quantitative estimate of drug-likeness (QED) is 0.627. The molecular formula is C19H22ClN3O4S2. The first-order valence-corrected chi connectivity index (χ1v) is 12.0. The normalized spacial score (nSPS) is 15.1. The van der Waals surface area contributed by atoms with E-state index in [1.54, 1.807) is 29.6 Å². The predicted molar refractivity (Wildman–Crippen MR) is 113 cm³/mol. The van der Waals surface area contributed by atoms with Crippen LogP contribution in [-0.4, -0.2) is 50.7 Å². The molecule has 29 heavy (non-hydrogen) atoms. The van der Waals surface area contributed by atoms with Crippen LogP contribution in [0.3, 0.4) is 0 Å². The van der Waals surface area contributed by atoms with Gasteiger partial charge in [0.15, 0.2) is 0 Å². The number of benzene rings is 1. The number of rotatable bonds is 7. The molecular weight excluding hydrogens is 434 g/mol. The molecule has 2 heterocycles. The van der Waals surface area contributed by atoms with Crippen molar-refractivity contribution in [3.8, 4) is 0 Å². The van der Waals surface area contributed by atoms with E-state index >= 15 is 0 Å². The summed E-state index contributed by atoms with van der Waals surface area (Å²) in [7, 11) is -3.68. The van der Waals surface area contributed by atoms with Gasteiger partial charge in [-0.15, -0.1) is 11.3 Å². The van der Waals surface area contributed by atoms with Crippen LogP contribution in [0, 0.1) is 0 Å². The van der Waals surface area contributed by atoms with E-state index in [4.69, 9.17) is 11.6 Å². The highest BCUT2D eigenvalue weighted by Crippen LogP contribution is 2.27. The van der Waals surface area contributed by atoms with Gasteiger partial charge in [-0.1, -0.05) is 18.0 Å². The summed E-state index contributed by atoms with van der Waals surface area (Å²) in [6.07, 6.45) is 2.68.